The van der Waals surface area contributed by atoms with Crippen molar-refractivity contribution >= 4 is 22.6 Å². The van der Waals surface area contributed by atoms with Crippen molar-refractivity contribution in [2.75, 3.05) is 6.61 Å². The Kier molecular flexibility index (Phi) is 3.42. The van der Waals surface area contributed by atoms with Crippen molar-refractivity contribution in [2.24, 2.45) is 0 Å². The number of ether oxygens (including phenoxy) is 1. The van der Waals surface area contributed by atoms with E-state index in [1.165, 1.54) is 0 Å². The van der Waals surface area contributed by atoms with Crippen LogP contribution in [0, 0.1) is 0 Å². The fourth-order valence-corrected chi connectivity index (χ4v) is 2.83. The molecule has 2 atom stereocenters. The van der Waals surface area contributed by atoms with Gasteiger partial charge in [0, 0.05) is 11.8 Å². The Hall–Kier alpha value is -0.650. The van der Waals surface area contributed by atoms with Crippen LogP contribution in [0.2, 0.25) is 5.15 Å². The van der Waals surface area contributed by atoms with Crippen LogP contribution in [-0.4, -0.2) is 20.5 Å². The summed E-state index contributed by atoms with van der Waals surface area (Å²) in [7, 11) is -1.17. The summed E-state index contributed by atoms with van der Waals surface area (Å²) in [5.74, 6) is 0.583. The molecule has 0 bridgehead atoms. The van der Waals surface area contributed by atoms with Crippen LogP contribution in [0.1, 0.15) is 33.3 Å². The first-order valence-corrected chi connectivity index (χ1v) is 7.24. The zero-order valence-electron chi connectivity index (χ0n) is 10.9. The number of rotatable bonds is 2. The molecular weight excluding hydrogens is 272 g/mol. The normalized spacial score (nSPS) is 24.5. The van der Waals surface area contributed by atoms with Gasteiger partial charge in [-0.15, -0.1) is 0 Å². The second-order valence-electron chi connectivity index (χ2n) is 5.58. The smallest absolute Gasteiger partial charge is 0.171 e. The van der Waals surface area contributed by atoms with Gasteiger partial charge in [-0.05, 0) is 33.8 Å². The Morgan fingerprint density at radius 1 is 1.56 bits per heavy atom. The maximum Gasteiger partial charge on any atom is 0.171 e. The minimum Gasteiger partial charge on any atom is -0.488 e. The highest BCUT2D eigenvalue weighted by atomic mass is 35.5. The topological polar surface area (TPSA) is 51.2 Å². The van der Waals surface area contributed by atoms with Crippen LogP contribution in [0.4, 0.5) is 0 Å². The summed E-state index contributed by atoms with van der Waals surface area (Å²) < 4.78 is 20.6. The van der Waals surface area contributed by atoms with E-state index >= 15 is 0 Å². The molecule has 6 heteroatoms. The monoisotopic (exact) mass is 288 g/mol. The van der Waals surface area contributed by atoms with Crippen molar-refractivity contribution in [3.63, 3.8) is 0 Å². The highest BCUT2D eigenvalue weighted by Gasteiger charge is 2.40. The van der Waals surface area contributed by atoms with Crippen LogP contribution < -0.4 is 9.46 Å². The van der Waals surface area contributed by atoms with E-state index in [2.05, 4.69) is 9.71 Å². The van der Waals surface area contributed by atoms with Gasteiger partial charge < -0.3 is 4.74 Å². The Bertz CT molecular complexity index is 501. The van der Waals surface area contributed by atoms with E-state index in [4.69, 9.17) is 16.3 Å². The number of hydrogen-bond acceptors (Lipinski definition) is 3. The van der Waals surface area contributed by atoms with Crippen LogP contribution in [0.3, 0.4) is 0 Å². The van der Waals surface area contributed by atoms with Gasteiger partial charge in [0.2, 0.25) is 0 Å². The summed E-state index contributed by atoms with van der Waals surface area (Å²) in [5.41, 5.74) is 0.403. The van der Waals surface area contributed by atoms with Gasteiger partial charge in [0.1, 0.15) is 6.61 Å². The highest BCUT2D eigenvalue weighted by Crippen LogP contribution is 2.40. The van der Waals surface area contributed by atoms with Crippen LogP contribution in [0.5, 0.6) is 5.75 Å². The van der Waals surface area contributed by atoms with Gasteiger partial charge in [-0.2, -0.15) is 0 Å². The molecule has 0 aromatic carbocycles. The van der Waals surface area contributed by atoms with E-state index in [9.17, 15) is 4.21 Å². The molecular formula is C12H17ClN2O2S. The van der Waals surface area contributed by atoms with Crippen molar-refractivity contribution in [3.05, 3.63) is 23.0 Å². The number of aromatic nitrogens is 1. The number of halogens is 1. The molecule has 1 aromatic heterocycles. The summed E-state index contributed by atoms with van der Waals surface area (Å²) in [5, 5.41) is 0.347. The van der Waals surface area contributed by atoms with Crippen LogP contribution in [0.25, 0.3) is 0 Å². The molecule has 0 aliphatic carbocycles. The van der Waals surface area contributed by atoms with Crippen molar-refractivity contribution in [3.8, 4) is 5.75 Å². The van der Waals surface area contributed by atoms with E-state index in [0.717, 1.165) is 5.56 Å². The third kappa shape index (κ3) is 2.39. The maximum absolute atomic E-state index is 12.2. The van der Waals surface area contributed by atoms with E-state index in [1.807, 2.05) is 33.8 Å². The third-order valence-electron chi connectivity index (χ3n) is 2.83. The van der Waals surface area contributed by atoms with Crippen LogP contribution in [-0.2, 0) is 16.5 Å². The van der Waals surface area contributed by atoms with E-state index in [-0.39, 0.29) is 4.75 Å². The van der Waals surface area contributed by atoms with Gasteiger partial charge in [0.05, 0.1) is 21.3 Å². The first-order chi connectivity index (χ1) is 8.24. The first-order valence-electron chi connectivity index (χ1n) is 5.71. The predicted octanol–water partition coefficient (Wildman–Crippen LogP) is 2.39. The van der Waals surface area contributed by atoms with E-state index in [0.29, 0.717) is 17.5 Å². The molecule has 4 nitrogen and oxygen atoms in total. The average molecular weight is 289 g/mol. The van der Waals surface area contributed by atoms with Gasteiger partial charge in [0.25, 0.3) is 0 Å². The van der Waals surface area contributed by atoms with Crippen LogP contribution >= 0.6 is 11.6 Å². The lowest BCUT2D eigenvalue weighted by atomic mass is 9.97. The number of fused-ring (bicyclic) bond motifs is 1. The summed E-state index contributed by atoms with van der Waals surface area (Å²) in [6.45, 7) is 8.13. The molecule has 2 rings (SSSR count). The second kappa shape index (κ2) is 4.47. The molecule has 0 saturated carbocycles. The minimum atomic E-state index is -1.17. The summed E-state index contributed by atoms with van der Waals surface area (Å²) in [6.07, 6.45) is 1.63. The Balaban J connectivity index is 2.32. The molecule has 2 heterocycles. The molecule has 1 aliphatic rings. The second-order valence-corrected chi connectivity index (χ2v) is 7.91. The highest BCUT2D eigenvalue weighted by molar-refractivity contribution is 7.84. The summed E-state index contributed by atoms with van der Waals surface area (Å²) >= 11 is 5.98. The molecule has 0 fully saturated rings. The average Bonchev–Trinajstić information content (AvgIpc) is 2.57. The van der Waals surface area contributed by atoms with Crippen molar-refractivity contribution in [1.29, 1.82) is 0 Å². The fraction of sp³-hybridized carbons (Fsp3) is 0.583. The molecule has 1 aliphatic heterocycles. The number of nitrogens with one attached hydrogen (secondary N) is 1. The molecule has 1 N–H and O–H groups in total. The molecule has 18 heavy (non-hydrogen) atoms. The summed E-state index contributed by atoms with van der Waals surface area (Å²) in [6, 6.07) is 1.85. The quantitative estimate of drug-likeness (QED) is 0.850. The largest absolute Gasteiger partial charge is 0.488 e. The minimum absolute atomic E-state index is 0.331. The molecule has 0 amide bonds. The van der Waals surface area contributed by atoms with Gasteiger partial charge >= 0.3 is 0 Å². The van der Waals surface area contributed by atoms with E-state index < -0.39 is 16.5 Å². The molecule has 2 unspecified atom stereocenters. The lowest BCUT2D eigenvalue weighted by Gasteiger charge is -2.28. The standard InChI is InChI=1S/C12H17ClN2O2S/c1-11(2,3)18(16)15-12(4)7-17-9-8(12)5-6-14-10(9)13/h5-6,15H,7H2,1-4H3. The van der Waals surface area contributed by atoms with E-state index in [1.54, 1.807) is 6.20 Å². The Morgan fingerprint density at radius 2 is 2.22 bits per heavy atom. The third-order valence-corrected chi connectivity index (χ3v) is 4.85. The maximum atomic E-state index is 12.2. The number of pyridine rings is 1. The van der Waals surface area contributed by atoms with Crippen molar-refractivity contribution in [1.82, 2.24) is 9.71 Å². The van der Waals surface area contributed by atoms with Gasteiger partial charge in [-0.25, -0.2) is 13.9 Å². The predicted molar refractivity (Wildman–Crippen MR) is 73.1 cm³/mol. The SMILES string of the molecule is CC1(NS(=O)C(C)(C)C)COc2c1ccnc2Cl. The molecule has 0 spiro atoms. The summed E-state index contributed by atoms with van der Waals surface area (Å²) in [4.78, 5) is 3.98. The zero-order chi connectivity index (χ0) is 13.6. The Labute approximate surface area is 115 Å². The van der Waals surface area contributed by atoms with Crippen molar-refractivity contribution in [2.45, 2.75) is 38.0 Å². The molecule has 0 radical (unpaired) electrons. The lowest BCUT2D eigenvalue weighted by Crippen LogP contribution is -2.47. The van der Waals surface area contributed by atoms with Crippen LogP contribution in [0.15, 0.2) is 12.3 Å². The van der Waals surface area contributed by atoms with Crippen molar-refractivity contribution < 1.29 is 8.95 Å². The number of nitrogens with zero attached hydrogens (tertiary/aromatic N) is 1. The zero-order valence-corrected chi connectivity index (χ0v) is 12.5. The Morgan fingerprint density at radius 3 is 2.83 bits per heavy atom. The fourth-order valence-electron chi connectivity index (χ4n) is 1.73. The number of hydrogen-bond donors (Lipinski definition) is 1. The molecule has 100 valence electrons. The molecule has 1 aromatic rings. The van der Waals surface area contributed by atoms with Gasteiger partial charge in [0.15, 0.2) is 10.9 Å². The van der Waals surface area contributed by atoms with Gasteiger partial charge in [-0.1, -0.05) is 11.6 Å². The molecule has 0 saturated heterocycles. The first kappa shape index (κ1) is 13.8. The lowest BCUT2D eigenvalue weighted by molar-refractivity contribution is 0.269. The van der Waals surface area contributed by atoms with Gasteiger partial charge in [-0.3, -0.25) is 0 Å².